The zero-order chi connectivity index (χ0) is 19.3. The van der Waals surface area contributed by atoms with Gasteiger partial charge in [0.05, 0.1) is 4.88 Å². The van der Waals surface area contributed by atoms with E-state index >= 15 is 0 Å². The first-order valence-electron chi connectivity index (χ1n) is 9.60. The van der Waals surface area contributed by atoms with Gasteiger partial charge in [-0.05, 0) is 61.9 Å². The Balaban J connectivity index is 1.38. The average molecular weight is 397 g/mol. The highest BCUT2D eigenvalue weighted by Crippen LogP contribution is 2.37. The monoisotopic (exact) mass is 397 g/mol. The van der Waals surface area contributed by atoms with E-state index in [2.05, 4.69) is 16.2 Å². The lowest BCUT2D eigenvalue weighted by Crippen LogP contribution is -2.25. The minimum atomic E-state index is -0.347. The molecule has 1 fully saturated rings. The van der Waals surface area contributed by atoms with Crippen molar-refractivity contribution in [3.05, 3.63) is 51.9 Å². The molecule has 28 heavy (non-hydrogen) atoms. The van der Waals surface area contributed by atoms with Crippen LogP contribution in [0.3, 0.4) is 0 Å². The highest BCUT2D eigenvalue weighted by atomic mass is 32.1. The smallest absolute Gasteiger partial charge is 0.268 e. The Bertz CT molecular complexity index is 1030. The fourth-order valence-electron chi connectivity index (χ4n) is 4.08. The maximum atomic E-state index is 13.7. The lowest BCUT2D eigenvalue weighted by molar-refractivity contribution is -0.117. The van der Waals surface area contributed by atoms with Crippen LogP contribution < -0.4 is 4.90 Å². The second kappa shape index (κ2) is 6.81. The van der Waals surface area contributed by atoms with Gasteiger partial charge in [0.15, 0.2) is 5.82 Å². The number of carbonyl (C=O) groups is 1. The number of amides is 1. The van der Waals surface area contributed by atoms with E-state index in [4.69, 9.17) is 4.52 Å². The van der Waals surface area contributed by atoms with Gasteiger partial charge in [-0.2, -0.15) is 4.98 Å². The normalized spacial score (nSPS) is 19.3. The summed E-state index contributed by atoms with van der Waals surface area (Å²) in [7, 11) is 0. The molecule has 2 aromatic heterocycles. The van der Waals surface area contributed by atoms with Crippen molar-refractivity contribution >= 4 is 22.9 Å². The topological polar surface area (TPSA) is 59.2 Å². The summed E-state index contributed by atoms with van der Waals surface area (Å²) in [6.45, 7) is 2.31. The van der Waals surface area contributed by atoms with Gasteiger partial charge in [0.25, 0.3) is 5.89 Å². The van der Waals surface area contributed by atoms with Crippen LogP contribution in [0.25, 0.3) is 10.8 Å². The molecule has 0 saturated carbocycles. The Morgan fingerprint density at radius 1 is 1.25 bits per heavy atom. The van der Waals surface area contributed by atoms with Crippen molar-refractivity contribution in [3.63, 3.8) is 0 Å². The molecule has 2 aliphatic rings. The molecular formula is C21H20FN3O2S. The summed E-state index contributed by atoms with van der Waals surface area (Å²) >= 11 is 1.73. The summed E-state index contributed by atoms with van der Waals surface area (Å²) in [5.41, 5.74) is 2.88. The molecular weight excluding hydrogens is 377 g/mol. The van der Waals surface area contributed by atoms with Gasteiger partial charge < -0.3 is 9.42 Å². The fraction of sp³-hybridized carbons (Fsp3) is 0.381. The quantitative estimate of drug-likeness (QED) is 0.646. The highest BCUT2D eigenvalue weighted by molar-refractivity contribution is 7.15. The Kier molecular flexibility index (Phi) is 4.27. The number of aromatic nitrogens is 2. The number of hydrogen-bond donors (Lipinski definition) is 0. The second-order valence-electron chi connectivity index (χ2n) is 7.56. The first kappa shape index (κ1) is 17.6. The zero-order valence-electron chi connectivity index (χ0n) is 15.6. The summed E-state index contributed by atoms with van der Waals surface area (Å²) in [5, 5.41) is 4.15. The summed E-state index contributed by atoms with van der Waals surface area (Å²) in [6.07, 6.45) is 5.02. The number of benzene rings is 1. The van der Waals surface area contributed by atoms with Gasteiger partial charge in [-0.3, -0.25) is 4.79 Å². The molecule has 1 aliphatic heterocycles. The zero-order valence-corrected chi connectivity index (χ0v) is 16.4. The standard InChI is InChI=1S/C21H20FN3O2S/c1-12-6-7-15(22)10-16(12)25-11-14(9-19(25)26)20-23-21(27-24-20)18-8-13-4-2-3-5-17(13)28-18/h6-8,10,14H,2-5,9,11H2,1H3. The predicted octanol–water partition coefficient (Wildman–Crippen LogP) is 4.64. The Morgan fingerprint density at radius 3 is 2.96 bits per heavy atom. The van der Waals surface area contributed by atoms with Crippen LogP contribution in [0, 0.1) is 12.7 Å². The van der Waals surface area contributed by atoms with Gasteiger partial charge in [-0.1, -0.05) is 11.2 Å². The van der Waals surface area contributed by atoms with Crippen molar-refractivity contribution in [3.8, 4) is 10.8 Å². The molecule has 1 amide bonds. The molecule has 0 spiro atoms. The lowest BCUT2D eigenvalue weighted by atomic mass is 9.99. The van der Waals surface area contributed by atoms with Crippen molar-refractivity contribution in [2.24, 2.45) is 0 Å². The first-order valence-corrected chi connectivity index (χ1v) is 10.4. The van der Waals surface area contributed by atoms with E-state index in [1.165, 1.54) is 35.4 Å². The Morgan fingerprint density at radius 2 is 2.11 bits per heavy atom. The molecule has 144 valence electrons. The van der Waals surface area contributed by atoms with E-state index in [9.17, 15) is 9.18 Å². The predicted molar refractivity (Wildman–Crippen MR) is 105 cm³/mol. The van der Waals surface area contributed by atoms with Crippen LogP contribution in [0.2, 0.25) is 0 Å². The summed E-state index contributed by atoms with van der Waals surface area (Å²) in [6, 6.07) is 6.67. The van der Waals surface area contributed by atoms with Crippen LogP contribution in [0.5, 0.6) is 0 Å². The van der Waals surface area contributed by atoms with E-state index in [-0.39, 0.29) is 17.6 Å². The van der Waals surface area contributed by atoms with Crippen molar-refractivity contribution in [1.82, 2.24) is 10.1 Å². The minimum absolute atomic E-state index is 0.0448. The maximum Gasteiger partial charge on any atom is 0.268 e. The number of halogens is 1. The van der Waals surface area contributed by atoms with E-state index < -0.39 is 0 Å². The van der Waals surface area contributed by atoms with E-state index in [0.29, 0.717) is 30.4 Å². The Hall–Kier alpha value is -2.54. The molecule has 0 N–H and O–H groups in total. The van der Waals surface area contributed by atoms with Crippen LogP contribution in [0.4, 0.5) is 10.1 Å². The molecule has 1 aliphatic carbocycles. The number of hydrogen-bond acceptors (Lipinski definition) is 5. The van der Waals surface area contributed by atoms with E-state index in [1.807, 2.05) is 6.92 Å². The molecule has 1 saturated heterocycles. The molecule has 1 aromatic carbocycles. The van der Waals surface area contributed by atoms with Crippen LogP contribution in [-0.4, -0.2) is 22.6 Å². The molecule has 1 atom stereocenters. The number of rotatable bonds is 3. The molecule has 0 bridgehead atoms. The number of aryl methyl sites for hydroxylation is 3. The van der Waals surface area contributed by atoms with Crippen molar-refractivity contribution in [1.29, 1.82) is 0 Å². The average Bonchev–Trinajstić information content (AvgIpc) is 3.40. The lowest BCUT2D eigenvalue weighted by Gasteiger charge is -2.18. The number of nitrogens with zero attached hydrogens (tertiary/aromatic N) is 3. The number of thiophene rings is 1. The van der Waals surface area contributed by atoms with Gasteiger partial charge in [-0.15, -0.1) is 11.3 Å². The third-order valence-electron chi connectivity index (χ3n) is 5.60. The van der Waals surface area contributed by atoms with Gasteiger partial charge in [0, 0.05) is 29.4 Å². The van der Waals surface area contributed by atoms with Crippen LogP contribution in [0.15, 0.2) is 28.8 Å². The number of anilines is 1. The van der Waals surface area contributed by atoms with Crippen molar-refractivity contribution in [2.45, 2.75) is 44.9 Å². The second-order valence-corrected chi connectivity index (χ2v) is 8.70. The van der Waals surface area contributed by atoms with Crippen molar-refractivity contribution in [2.75, 3.05) is 11.4 Å². The third-order valence-corrected chi connectivity index (χ3v) is 6.83. The van der Waals surface area contributed by atoms with Crippen LogP contribution >= 0.6 is 11.3 Å². The maximum absolute atomic E-state index is 13.7. The summed E-state index contributed by atoms with van der Waals surface area (Å²) in [5.74, 6) is 0.535. The number of fused-ring (bicyclic) bond motifs is 1. The largest absolute Gasteiger partial charge is 0.333 e. The number of carbonyl (C=O) groups excluding carboxylic acids is 1. The van der Waals surface area contributed by atoms with Gasteiger partial charge in [-0.25, -0.2) is 4.39 Å². The van der Waals surface area contributed by atoms with Crippen molar-refractivity contribution < 1.29 is 13.7 Å². The molecule has 5 nitrogen and oxygen atoms in total. The minimum Gasteiger partial charge on any atom is -0.333 e. The highest BCUT2D eigenvalue weighted by Gasteiger charge is 2.35. The molecule has 3 heterocycles. The molecule has 7 heteroatoms. The Labute approximate surface area is 166 Å². The molecule has 0 radical (unpaired) electrons. The first-order chi connectivity index (χ1) is 13.6. The SMILES string of the molecule is Cc1ccc(F)cc1N1CC(c2noc(-c3cc4c(s3)CCCC4)n2)CC1=O. The summed E-state index contributed by atoms with van der Waals surface area (Å²) < 4.78 is 19.2. The van der Waals surface area contributed by atoms with E-state index in [0.717, 1.165) is 23.3 Å². The van der Waals surface area contributed by atoms with Crippen LogP contribution in [-0.2, 0) is 17.6 Å². The third kappa shape index (κ3) is 3.03. The fourth-order valence-corrected chi connectivity index (χ4v) is 5.26. The molecule has 5 rings (SSSR count). The van der Waals surface area contributed by atoms with Gasteiger partial charge in [0.1, 0.15) is 5.82 Å². The summed E-state index contributed by atoms with van der Waals surface area (Å²) in [4.78, 5) is 21.2. The molecule has 1 unspecified atom stereocenters. The van der Waals surface area contributed by atoms with Gasteiger partial charge in [0.2, 0.25) is 5.91 Å². The van der Waals surface area contributed by atoms with Crippen LogP contribution in [0.1, 0.15) is 47.0 Å². The molecule has 3 aromatic rings. The van der Waals surface area contributed by atoms with E-state index in [1.54, 1.807) is 22.3 Å². The van der Waals surface area contributed by atoms with Gasteiger partial charge >= 0.3 is 0 Å².